The Morgan fingerprint density at radius 2 is 1.82 bits per heavy atom. The summed E-state index contributed by atoms with van der Waals surface area (Å²) in [5.41, 5.74) is 1.32. The van der Waals surface area contributed by atoms with Crippen molar-refractivity contribution in [3.8, 4) is 5.75 Å². The van der Waals surface area contributed by atoms with Crippen molar-refractivity contribution in [3.05, 3.63) is 29.8 Å². The molecule has 1 aromatic rings. The predicted octanol–water partition coefficient (Wildman–Crippen LogP) is 1.99. The van der Waals surface area contributed by atoms with Gasteiger partial charge in [-0.05, 0) is 44.4 Å². The lowest BCUT2D eigenvalue weighted by Gasteiger charge is -2.18. The van der Waals surface area contributed by atoms with Crippen LogP contribution in [0.5, 0.6) is 5.75 Å². The van der Waals surface area contributed by atoms with E-state index in [0.29, 0.717) is 6.04 Å². The van der Waals surface area contributed by atoms with Gasteiger partial charge in [0.15, 0.2) is 0 Å². The number of aliphatic hydroxyl groups is 1. The number of aryl methyl sites for hydroxylation is 1. The first-order valence-electron chi connectivity index (χ1n) is 6.15. The van der Waals surface area contributed by atoms with Crippen LogP contribution in [0.15, 0.2) is 24.3 Å². The molecule has 0 saturated heterocycles. The highest BCUT2D eigenvalue weighted by Gasteiger charge is 2.06. The minimum absolute atomic E-state index is 0.167. The maximum absolute atomic E-state index is 8.95. The highest BCUT2D eigenvalue weighted by atomic mass is 16.5. The Labute approximate surface area is 104 Å². The molecule has 0 aliphatic carbocycles. The second-order valence-electron chi connectivity index (χ2n) is 4.54. The van der Waals surface area contributed by atoms with Gasteiger partial charge in [0.25, 0.3) is 0 Å². The molecule has 1 aromatic carbocycles. The predicted molar refractivity (Wildman–Crippen MR) is 70.5 cm³/mol. The molecule has 0 aliphatic rings. The third-order valence-corrected chi connectivity index (χ3v) is 2.87. The quantitative estimate of drug-likeness (QED) is 0.762. The lowest BCUT2D eigenvalue weighted by molar-refractivity contribution is 0.241. The van der Waals surface area contributed by atoms with Gasteiger partial charge in [-0.25, -0.2) is 0 Å². The number of benzene rings is 1. The molecule has 2 atom stereocenters. The standard InChI is InChI=1S/C14H23NO2/c1-11(15-12(2)10-16)4-5-13-6-8-14(17-3)9-7-13/h6-9,11-12,15-16H,4-5,10H2,1-3H3. The minimum atomic E-state index is 0.167. The fourth-order valence-corrected chi connectivity index (χ4v) is 1.80. The summed E-state index contributed by atoms with van der Waals surface area (Å²) in [5, 5.41) is 12.3. The molecule has 0 fully saturated rings. The lowest BCUT2D eigenvalue weighted by Crippen LogP contribution is -2.36. The van der Waals surface area contributed by atoms with Crippen LogP contribution in [0.4, 0.5) is 0 Å². The van der Waals surface area contributed by atoms with Gasteiger partial charge in [0.05, 0.1) is 13.7 Å². The summed E-state index contributed by atoms with van der Waals surface area (Å²) in [6, 6.07) is 8.76. The van der Waals surface area contributed by atoms with Gasteiger partial charge in [-0.3, -0.25) is 0 Å². The van der Waals surface area contributed by atoms with E-state index in [9.17, 15) is 0 Å². The summed E-state index contributed by atoms with van der Waals surface area (Å²) in [5.74, 6) is 0.897. The van der Waals surface area contributed by atoms with E-state index in [1.54, 1.807) is 7.11 Å². The van der Waals surface area contributed by atoms with Crippen molar-refractivity contribution < 1.29 is 9.84 Å². The Kier molecular flexibility index (Phi) is 6.01. The van der Waals surface area contributed by atoms with E-state index in [4.69, 9.17) is 9.84 Å². The first-order valence-corrected chi connectivity index (χ1v) is 6.15. The van der Waals surface area contributed by atoms with E-state index < -0.39 is 0 Å². The van der Waals surface area contributed by atoms with Crippen molar-refractivity contribution >= 4 is 0 Å². The molecule has 3 heteroatoms. The molecule has 0 bridgehead atoms. The largest absolute Gasteiger partial charge is 0.497 e. The zero-order valence-electron chi connectivity index (χ0n) is 10.9. The molecule has 0 radical (unpaired) electrons. The van der Waals surface area contributed by atoms with Gasteiger partial charge in [-0.1, -0.05) is 12.1 Å². The number of methoxy groups -OCH3 is 1. The van der Waals surface area contributed by atoms with E-state index in [0.717, 1.165) is 18.6 Å². The summed E-state index contributed by atoms with van der Waals surface area (Å²) >= 11 is 0. The maximum atomic E-state index is 8.95. The Morgan fingerprint density at radius 1 is 1.18 bits per heavy atom. The van der Waals surface area contributed by atoms with Gasteiger partial charge >= 0.3 is 0 Å². The van der Waals surface area contributed by atoms with E-state index in [1.165, 1.54) is 5.56 Å². The molecule has 3 nitrogen and oxygen atoms in total. The van der Waals surface area contributed by atoms with Gasteiger partial charge < -0.3 is 15.2 Å². The SMILES string of the molecule is COc1ccc(CCC(C)NC(C)CO)cc1. The highest BCUT2D eigenvalue weighted by molar-refractivity contribution is 5.27. The van der Waals surface area contributed by atoms with Crippen molar-refractivity contribution in [1.82, 2.24) is 5.32 Å². The molecule has 17 heavy (non-hydrogen) atoms. The third-order valence-electron chi connectivity index (χ3n) is 2.87. The fraction of sp³-hybridized carbons (Fsp3) is 0.571. The number of rotatable bonds is 7. The molecule has 0 amide bonds. The second kappa shape index (κ2) is 7.30. The van der Waals surface area contributed by atoms with Crippen LogP contribution in [0.2, 0.25) is 0 Å². The van der Waals surface area contributed by atoms with E-state index in [-0.39, 0.29) is 12.6 Å². The van der Waals surface area contributed by atoms with Gasteiger partial charge in [-0.2, -0.15) is 0 Å². The lowest BCUT2D eigenvalue weighted by atomic mass is 10.1. The fourth-order valence-electron chi connectivity index (χ4n) is 1.80. The highest BCUT2D eigenvalue weighted by Crippen LogP contribution is 2.13. The summed E-state index contributed by atoms with van der Waals surface area (Å²) in [6.07, 6.45) is 2.10. The molecular weight excluding hydrogens is 214 g/mol. The minimum Gasteiger partial charge on any atom is -0.497 e. The molecule has 96 valence electrons. The van der Waals surface area contributed by atoms with Gasteiger partial charge in [0.1, 0.15) is 5.75 Å². The number of aliphatic hydroxyl groups excluding tert-OH is 1. The molecule has 0 aliphatic heterocycles. The first kappa shape index (κ1) is 14.0. The molecular formula is C14H23NO2. The molecule has 2 N–H and O–H groups in total. The number of hydrogen-bond acceptors (Lipinski definition) is 3. The van der Waals surface area contributed by atoms with Crippen molar-refractivity contribution in [2.24, 2.45) is 0 Å². The van der Waals surface area contributed by atoms with Crippen LogP contribution in [-0.2, 0) is 6.42 Å². The normalized spacial score (nSPS) is 14.4. The number of ether oxygens (including phenoxy) is 1. The third kappa shape index (κ3) is 5.20. The smallest absolute Gasteiger partial charge is 0.118 e. The average molecular weight is 237 g/mol. The molecule has 2 unspecified atom stereocenters. The summed E-state index contributed by atoms with van der Waals surface area (Å²) in [4.78, 5) is 0. The van der Waals surface area contributed by atoms with Crippen LogP contribution >= 0.6 is 0 Å². The molecule has 1 rings (SSSR count). The van der Waals surface area contributed by atoms with E-state index in [2.05, 4.69) is 24.4 Å². The van der Waals surface area contributed by atoms with E-state index >= 15 is 0 Å². The molecule has 0 saturated carbocycles. The van der Waals surface area contributed by atoms with E-state index in [1.807, 2.05) is 19.1 Å². The topological polar surface area (TPSA) is 41.5 Å². The Hall–Kier alpha value is -1.06. The van der Waals surface area contributed by atoms with Crippen LogP contribution in [-0.4, -0.2) is 30.9 Å². The number of nitrogens with one attached hydrogen (secondary N) is 1. The molecule has 0 spiro atoms. The Bertz CT molecular complexity index is 311. The number of hydrogen-bond donors (Lipinski definition) is 2. The summed E-state index contributed by atoms with van der Waals surface area (Å²) in [7, 11) is 1.68. The van der Waals surface area contributed by atoms with Crippen molar-refractivity contribution in [2.45, 2.75) is 38.8 Å². The van der Waals surface area contributed by atoms with Crippen LogP contribution in [0.25, 0.3) is 0 Å². The van der Waals surface area contributed by atoms with Crippen molar-refractivity contribution in [2.75, 3.05) is 13.7 Å². The van der Waals surface area contributed by atoms with Crippen molar-refractivity contribution in [3.63, 3.8) is 0 Å². The first-order chi connectivity index (χ1) is 8.15. The van der Waals surface area contributed by atoms with Crippen LogP contribution in [0, 0.1) is 0 Å². The summed E-state index contributed by atoms with van der Waals surface area (Å²) < 4.78 is 5.12. The zero-order chi connectivity index (χ0) is 12.7. The van der Waals surface area contributed by atoms with Crippen LogP contribution in [0.3, 0.4) is 0 Å². The van der Waals surface area contributed by atoms with Gasteiger partial charge in [0, 0.05) is 12.1 Å². The van der Waals surface area contributed by atoms with Gasteiger partial charge in [0.2, 0.25) is 0 Å². The summed E-state index contributed by atoms with van der Waals surface area (Å²) in [6.45, 7) is 4.33. The van der Waals surface area contributed by atoms with Crippen LogP contribution in [0.1, 0.15) is 25.8 Å². The van der Waals surface area contributed by atoms with Gasteiger partial charge in [-0.15, -0.1) is 0 Å². The molecule has 0 heterocycles. The van der Waals surface area contributed by atoms with Crippen LogP contribution < -0.4 is 10.1 Å². The Balaban J connectivity index is 2.34. The second-order valence-corrected chi connectivity index (χ2v) is 4.54. The Morgan fingerprint density at radius 3 is 2.35 bits per heavy atom. The maximum Gasteiger partial charge on any atom is 0.118 e. The monoisotopic (exact) mass is 237 g/mol. The van der Waals surface area contributed by atoms with Crippen molar-refractivity contribution in [1.29, 1.82) is 0 Å². The average Bonchev–Trinajstić information content (AvgIpc) is 2.36. The molecule has 0 aromatic heterocycles. The zero-order valence-corrected chi connectivity index (χ0v) is 10.9.